The predicted octanol–water partition coefficient (Wildman–Crippen LogP) is 2.19. The van der Waals surface area contributed by atoms with Crippen LogP contribution in [0.3, 0.4) is 0 Å². The molecule has 0 saturated carbocycles. The zero-order chi connectivity index (χ0) is 16.8. The molecule has 0 aliphatic carbocycles. The standard InChI is InChI=1S/C17H19NO5/c1-3-21-16(19)13(10-18)12-9-15(17(20)22-4-2)23-14-8-6-5-7-11(12)14/h5-8,12-13,15H,3-4,9H2,1-2H3. The van der Waals surface area contributed by atoms with Crippen LogP contribution >= 0.6 is 0 Å². The van der Waals surface area contributed by atoms with Crippen LogP contribution in [-0.2, 0) is 19.1 Å². The lowest BCUT2D eigenvalue weighted by Gasteiger charge is -2.32. The Morgan fingerprint density at radius 1 is 1.30 bits per heavy atom. The molecule has 1 heterocycles. The first-order valence-corrected chi connectivity index (χ1v) is 7.60. The van der Waals surface area contributed by atoms with E-state index in [0.29, 0.717) is 5.75 Å². The van der Waals surface area contributed by atoms with E-state index in [2.05, 4.69) is 0 Å². The van der Waals surface area contributed by atoms with E-state index in [1.165, 1.54) is 0 Å². The molecule has 6 nitrogen and oxygen atoms in total. The van der Waals surface area contributed by atoms with Crippen molar-refractivity contribution in [1.29, 1.82) is 5.26 Å². The van der Waals surface area contributed by atoms with E-state index in [1.807, 2.05) is 6.07 Å². The summed E-state index contributed by atoms with van der Waals surface area (Å²) in [6.45, 7) is 3.84. The highest BCUT2D eigenvalue weighted by molar-refractivity contribution is 5.79. The summed E-state index contributed by atoms with van der Waals surface area (Å²) in [7, 11) is 0. The van der Waals surface area contributed by atoms with E-state index >= 15 is 0 Å². The lowest BCUT2D eigenvalue weighted by molar-refractivity contribution is -0.154. The van der Waals surface area contributed by atoms with Crippen LogP contribution < -0.4 is 4.74 Å². The van der Waals surface area contributed by atoms with E-state index < -0.39 is 29.9 Å². The van der Waals surface area contributed by atoms with Gasteiger partial charge in [0.25, 0.3) is 0 Å². The molecule has 0 aromatic heterocycles. The molecule has 0 N–H and O–H groups in total. The summed E-state index contributed by atoms with van der Waals surface area (Å²) in [6, 6.07) is 9.10. The number of ether oxygens (including phenoxy) is 3. The molecule has 0 bridgehead atoms. The SMILES string of the molecule is CCOC(=O)C1CC(C(C#N)C(=O)OCC)c2ccccc2O1. The minimum absolute atomic E-state index is 0.198. The van der Waals surface area contributed by atoms with Gasteiger partial charge in [0.1, 0.15) is 5.75 Å². The average Bonchev–Trinajstić information content (AvgIpc) is 2.55. The topological polar surface area (TPSA) is 85.6 Å². The fourth-order valence-electron chi connectivity index (χ4n) is 2.69. The van der Waals surface area contributed by atoms with Crippen molar-refractivity contribution < 1.29 is 23.8 Å². The number of fused-ring (bicyclic) bond motifs is 1. The molecule has 1 aliphatic rings. The Labute approximate surface area is 134 Å². The van der Waals surface area contributed by atoms with Gasteiger partial charge in [0.05, 0.1) is 19.3 Å². The van der Waals surface area contributed by atoms with Crippen LogP contribution in [0.2, 0.25) is 0 Å². The second-order valence-corrected chi connectivity index (χ2v) is 5.10. The molecular weight excluding hydrogens is 298 g/mol. The summed E-state index contributed by atoms with van der Waals surface area (Å²) in [4.78, 5) is 24.1. The molecule has 0 spiro atoms. The third-order valence-electron chi connectivity index (χ3n) is 3.69. The first-order chi connectivity index (χ1) is 11.1. The number of hydrogen-bond donors (Lipinski definition) is 0. The number of hydrogen-bond acceptors (Lipinski definition) is 6. The van der Waals surface area contributed by atoms with E-state index in [-0.39, 0.29) is 19.6 Å². The fraction of sp³-hybridized carbons (Fsp3) is 0.471. The van der Waals surface area contributed by atoms with Crippen molar-refractivity contribution in [2.45, 2.75) is 32.3 Å². The molecule has 1 aliphatic heterocycles. The van der Waals surface area contributed by atoms with Crippen LogP contribution in [0.1, 0.15) is 31.7 Å². The maximum atomic E-state index is 12.1. The first-order valence-electron chi connectivity index (χ1n) is 7.60. The van der Waals surface area contributed by atoms with Gasteiger partial charge in [-0.2, -0.15) is 5.26 Å². The fourth-order valence-corrected chi connectivity index (χ4v) is 2.69. The molecule has 23 heavy (non-hydrogen) atoms. The van der Waals surface area contributed by atoms with E-state index in [4.69, 9.17) is 14.2 Å². The van der Waals surface area contributed by atoms with Gasteiger partial charge in [0.2, 0.25) is 0 Å². The molecule has 2 rings (SSSR count). The van der Waals surface area contributed by atoms with Gasteiger partial charge in [-0.3, -0.25) is 4.79 Å². The van der Waals surface area contributed by atoms with Crippen molar-refractivity contribution in [2.24, 2.45) is 5.92 Å². The number of benzene rings is 1. The number of para-hydroxylation sites is 1. The predicted molar refractivity (Wildman–Crippen MR) is 80.6 cm³/mol. The largest absolute Gasteiger partial charge is 0.478 e. The molecular formula is C17H19NO5. The Morgan fingerprint density at radius 2 is 2.00 bits per heavy atom. The maximum Gasteiger partial charge on any atom is 0.347 e. The molecule has 0 saturated heterocycles. The van der Waals surface area contributed by atoms with E-state index in [1.54, 1.807) is 38.1 Å². The highest BCUT2D eigenvalue weighted by Crippen LogP contribution is 2.41. The quantitative estimate of drug-likeness (QED) is 0.774. The van der Waals surface area contributed by atoms with Crippen molar-refractivity contribution in [2.75, 3.05) is 13.2 Å². The Morgan fingerprint density at radius 3 is 2.65 bits per heavy atom. The van der Waals surface area contributed by atoms with Gasteiger partial charge >= 0.3 is 11.9 Å². The van der Waals surface area contributed by atoms with Crippen molar-refractivity contribution in [3.63, 3.8) is 0 Å². The third kappa shape index (κ3) is 3.62. The maximum absolute atomic E-state index is 12.1. The van der Waals surface area contributed by atoms with Gasteiger partial charge in [0, 0.05) is 12.3 Å². The van der Waals surface area contributed by atoms with Gasteiger partial charge in [-0.25, -0.2) is 4.79 Å². The Bertz CT molecular complexity index is 622. The van der Waals surface area contributed by atoms with Crippen LogP contribution in [0, 0.1) is 17.2 Å². The molecule has 1 aromatic rings. The second kappa shape index (κ2) is 7.63. The number of esters is 2. The molecule has 0 fully saturated rings. The Hall–Kier alpha value is -2.55. The van der Waals surface area contributed by atoms with Crippen LogP contribution in [0.25, 0.3) is 0 Å². The van der Waals surface area contributed by atoms with E-state index in [0.717, 1.165) is 5.56 Å². The van der Waals surface area contributed by atoms with Crippen molar-refractivity contribution >= 4 is 11.9 Å². The third-order valence-corrected chi connectivity index (χ3v) is 3.69. The van der Waals surface area contributed by atoms with Crippen LogP contribution in [0.4, 0.5) is 0 Å². The van der Waals surface area contributed by atoms with Crippen LogP contribution in [-0.4, -0.2) is 31.3 Å². The normalized spacial score (nSPS) is 20.4. The number of rotatable bonds is 5. The van der Waals surface area contributed by atoms with Crippen LogP contribution in [0.5, 0.6) is 5.75 Å². The van der Waals surface area contributed by atoms with Gasteiger partial charge < -0.3 is 14.2 Å². The number of nitriles is 1. The first kappa shape index (κ1) is 16.8. The minimum Gasteiger partial charge on any atom is -0.478 e. The smallest absolute Gasteiger partial charge is 0.347 e. The minimum atomic E-state index is -0.989. The zero-order valence-corrected chi connectivity index (χ0v) is 13.2. The molecule has 3 atom stereocenters. The molecule has 0 amide bonds. The number of carbonyl (C=O) groups is 2. The highest BCUT2D eigenvalue weighted by atomic mass is 16.6. The van der Waals surface area contributed by atoms with Crippen molar-refractivity contribution in [3.8, 4) is 11.8 Å². The summed E-state index contributed by atoms with van der Waals surface area (Å²) in [6.07, 6.45) is -0.632. The average molecular weight is 317 g/mol. The zero-order valence-electron chi connectivity index (χ0n) is 13.2. The Balaban J connectivity index is 2.34. The molecule has 122 valence electrons. The molecule has 0 radical (unpaired) electrons. The van der Waals surface area contributed by atoms with Crippen molar-refractivity contribution in [1.82, 2.24) is 0 Å². The van der Waals surface area contributed by atoms with Gasteiger partial charge in [-0.1, -0.05) is 18.2 Å². The monoisotopic (exact) mass is 317 g/mol. The Kier molecular flexibility index (Phi) is 5.58. The van der Waals surface area contributed by atoms with Gasteiger partial charge in [0.15, 0.2) is 12.0 Å². The van der Waals surface area contributed by atoms with E-state index in [9.17, 15) is 14.9 Å². The molecule has 1 aromatic carbocycles. The lowest BCUT2D eigenvalue weighted by atomic mass is 9.80. The summed E-state index contributed by atoms with van der Waals surface area (Å²) in [5.74, 6) is -2.05. The summed E-state index contributed by atoms with van der Waals surface area (Å²) < 4.78 is 15.7. The molecule has 3 unspecified atom stereocenters. The second-order valence-electron chi connectivity index (χ2n) is 5.10. The summed E-state index contributed by atoms with van der Waals surface area (Å²) in [5.41, 5.74) is 0.729. The summed E-state index contributed by atoms with van der Waals surface area (Å²) in [5, 5.41) is 9.42. The number of carbonyl (C=O) groups excluding carboxylic acids is 2. The summed E-state index contributed by atoms with van der Waals surface area (Å²) >= 11 is 0. The van der Waals surface area contributed by atoms with Crippen LogP contribution in [0.15, 0.2) is 24.3 Å². The van der Waals surface area contributed by atoms with Gasteiger partial charge in [-0.15, -0.1) is 0 Å². The number of nitrogens with zero attached hydrogens (tertiary/aromatic N) is 1. The van der Waals surface area contributed by atoms with Crippen molar-refractivity contribution in [3.05, 3.63) is 29.8 Å². The van der Waals surface area contributed by atoms with Gasteiger partial charge in [-0.05, 0) is 25.5 Å². The highest BCUT2D eigenvalue weighted by Gasteiger charge is 2.40. The molecule has 6 heteroatoms. The lowest BCUT2D eigenvalue weighted by Crippen LogP contribution is -2.38.